The molecule has 0 aromatic carbocycles. The number of carbonyl (C=O) groups is 1. The van der Waals surface area contributed by atoms with Crippen LogP contribution in [0, 0.1) is 0 Å². The van der Waals surface area contributed by atoms with E-state index in [1.54, 1.807) is 0 Å². The largest absolute Gasteiger partial charge is 0.472 e. The first-order valence-electron chi connectivity index (χ1n) is 19.1. The van der Waals surface area contributed by atoms with Crippen molar-refractivity contribution < 1.29 is 32.8 Å². The molecule has 2 atom stereocenters. The van der Waals surface area contributed by atoms with Crippen LogP contribution in [0.15, 0.2) is 85.1 Å². The van der Waals surface area contributed by atoms with Crippen molar-refractivity contribution in [1.82, 2.24) is 0 Å². The monoisotopic (exact) mass is 719 g/mol. The molecule has 0 spiro atoms. The number of allylic oxidation sites excluding steroid dienone is 14. The molecule has 8 nitrogen and oxygen atoms in total. The maximum atomic E-state index is 12.4. The van der Waals surface area contributed by atoms with Crippen molar-refractivity contribution in [3.8, 4) is 0 Å². The molecule has 0 heterocycles. The molecule has 0 aromatic rings. The Bertz CT molecular complexity index is 1030. The molecule has 0 saturated carbocycles. The van der Waals surface area contributed by atoms with Gasteiger partial charge in [0.15, 0.2) is 0 Å². The van der Waals surface area contributed by atoms with E-state index in [-0.39, 0.29) is 32.3 Å². The van der Waals surface area contributed by atoms with Crippen LogP contribution in [0.5, 0.6) is 0 Å². The van der Waals surface area contributed by atoms with E-state index < -0.39 is 13.9 Å². The van der Waals surface area contributed by atoms with Crippen LogP contribution in [0.1, 0.15) is 129 Å². The summed E-state index contributed by atoms with van der Waals surface area (Å²) in [4.78, 5) is 22.2. The van der Waals surface area contributed by atoms with E-state index in [1.165, 1.54) is 25.7 Å². The Hall–Kier alpha value is -2.32. The summed E-state index contributed by atoms with van der Waals surface area (Å²) >= 11 is 0. The van der Waals surface area contributed by atoms with Gasteiger partial charge in [0, 0.05) is 19.6 Å². The van der Waals surface area contributed by atoms with Crippen molar-refractivity contribution in [3.63, 3.8) is 0 Å². The molecule has 0 rings (SSSR count). The molecule has 0 fully saturated rings. The normalized spacial score (nSPS) is 14.6. The number of esters is 1. The molecular weight excluding hydrogens is 649 g/mol. The molecule has 0 aromatic heterocycles. The molecule has 286 valence electrons. The number of rotatable bonds is 35. The average Bonchev–Trinajstić information content (AvgIpc) is 3.10. The van der Waals surface area contributed by atoms with Gasteiger partial charge < -0.3 is 20.1 Å². The van der Waals surface area contributed by atoms with Gasteiger partial charge in [-0.05, 0) is 70.6 Å². The fourth-order valence-corrected chi connectivity index (χ4v) is 5.33. The lowest BCUT2D eigenvalue weighted by Gasteiger charge is -2.20. The molecule has 0 aliphatic heterocycles. The molecule has 2 unspecified atom stereocenters. The molecule has 0 saturated heterocycles. The van der Waals surface area contributed by atoms with Crippen molar-refractivity contribution >= 4 is 13.8 Å². The highest BCUT2D eigenvalue weighted by Gasteiger charge is 2.25. The summed E-state index contributed by atoms with van der Waals surface area (Å²) in [5.41, 5.74) is 5.33. The standard InChI is InChI=1S/C41H70NO7P/c1-3-5-7-9-11-12-13-14-15-16-17-18-19-20-21-22-23-24-25-26-27-29-31-33-36-46-38-40(39-48-50(44,45)47-37-35-42)49-41(43)34-32-30-28-10-8-6-4-2/h5,7,11-12,14-15,17-18,20-21,23-24,26-27,40H,3-4,6,8-10,13,16,19,22,25,28-39,42H2,1-2H3,(H,44,45)/b7-5-,12-11-,15-14-,18-17-,21-20-,24-23-,27-26-. The number of carbonyl (C=O) groups excluding carboxylic acids is 1. The number of nitrogens with two attached hydrogens (primary N) is 1. The number of ether oxygens (including phenoxy) is 2. The van der Waals surface area contributed by atoms with E-state index in [4.69, 9.17) is 24.3 Å². The minimum absolute atomic E-state index is 0.0815. The highest BCUT2D eigenvalue weighted by atomic mass is 31.2. The summed E-state index contributed by atoms with van der Waals surface area (Å²) in [6.45, 7) is 4.60. The first kappa shape index (κ1) is 47.7. The van der Waals surface area contributed by atoms with Gasteiger partial charge >= 0.3 is 13.8 Å². The van der Waals surface area contributed by atoms with Crippen molar-refractivity contribution in [2.45, 2.75) is 136 Å². The van der Waals surface area contributed by atoms with Crippen LogP contribution in [0.4, 0.5) is 0 Å². The van der Waals surface area contributed by atoms with Crippen molar-refractivity contribution in [2.24, 2.45) is 5.73 Å². The van der Waals surface area contributed by atoms with E-state index in [2.05, 4.69) is 98.9 Å². The van der Waals surface area contributed by atoms with Crippen LogP contribution in [-0.2, 0) is 27.9 Å². The number of phosphoric acid groups is 1. The number of unbranched alkanes of at least 4 members (excludes halogenated alkanes) is 8. The third-order valence-corrected chi connectivity index (χ3v) is 8.31. The Balaban J connectivity index is 4.10. The quantitative estimate of drug-likeness (QED) is 0.0288. The van der Waals surface area contributed by atoms with Crippen LogP contribution in [0.2, 0.25) is 0 Å². The topological polar surface area (TPSA) is 117 Å². The second-order valence-corrected chi connectivity index (χ2v) is 13.5. The van der Waals surface area contributed by atoms with Gasteiger partial charge in [0.1, 0.15) is 6.10 Å². The zero-order valence-corrected chi connectivity index (χ0v) is 32.2. The Morgan fingerprint density at radius 1 is 0.620 bits per heavy atom. The lowest BCUT2D eigenvalue weighted by Crippen LogP contribution is -2.28. The predicted octanol–water partition coefficient (Wildman–Crippen LogP) is 11.0. The molecule has 50 heavy (non-hydrogen) atoms. The lowest BCUT2D eigenvalue weighted by molar-refractivity contribution is -0.154. The third kappa shape index (κ3) is 36.9. The van der Waals surface area contributed by atoms with Crippen LogP contribution in [-0.4, -0.2) is 49.9 Å². The Labute approximate surface area is 305 Å². The van der Waals surface area contributed by atoms with Gasteiger partial charge in [-0.2, -0.15) is 0 Å². The summed E-state index contributed by atoms with van der Waals surface area (Å²) in [6, 6.07) is 0. The van der Waals surface area contributed by atoms with Crippen LogP contribution in [0.25, 0.3) is 0 Å². The second kappa shape index (κ2) is 37.9. The van der Waals surface area contributed by atoms with Crippen LogP contribution >= 0.6 is 7.82 Å². The highest BCUT2D eigenvalue weighted by Crippen LogP contribution is 2.43. The first-order valence-corrected chi connectivity index (χ1v) is 20.6. The molecule has 0 bridgehead atoms. The van der Waals surface area contributed by atoms with Gasteiger partial charge in [-0.1, -0.05) is 137 Å². The lowest BCUT2D eigenvalue weighted by atomic mass is 10.1. The van der Waals surface area contributed by atoms with Gasteiger partial charge in [-0.25, -0.2) is 4.57 Å². The van der Waals surface area contributed by atoms with E-state index in [1.807, 2.05) is 0 Å². The van der Waals surface area contributed by atoms with Crippen LogP contribution in [0.3, 0.4) is 0 Å². The molecule has 0 aliphatic rings. The van der Waals surface area contributed by atoms with Gasteiger partial charge in [0.05, 0.1) is 19.8 Å². The van der Waals surface area contributed by atoms with E-state index >= 15 is 0 Å². The summed E-state index contributed by atoms with van der Waals surface area (Å²) in [5, 5.41) is 0. The van der Waals surface area contributed by atoms with Gasteiger partial charge in [-0.15, -0.1) is 0 Å². The Kier molecular flexibility index (Phi) is 36.2. The predicted molar refractivity (Wildman–Crippen MR) is 210 cm³/mol. The Morgan fingerprint density at radius 2 is 1.12 bits per heavy atom. The Morgan fingerprint density at radius 3 is 1.64 bits per heavy atom. The maximum absolute atomic E-state index is 12.4. The number of hydrogen-bond donors (Lipinski definition) is 2. The SMILES string of the molecule is CC/C=C\C/C=C\C/C=C\C/C=C\C/C=C\C/C=C\C/C=C\CCCCOCC(COP(=O)(O)OCCN)OC(=O)CCCCCCCCC. The molecule has 9 heteroatoms. The summed E-state index contributed by atoms with van der Waals surface area (Å²) < 4.78 is 33.1. The highest BCUT2D eigenvalue weighted by molar-refractivity contribution is 7.47. The van der Waals surface area contributed by atoms with Gasteiger partial charge in [-0.3, -0.25) is 13.8 Å². The third-order valence-electron chi connectivity index (χ3n) is 7.33. The molecule has 0 aliphatic carbocycles. The second-order valence-electron chi connectivity index (χ2n) is 12.1. The zero-order valence-electron chi connectivity index (χ0n) is 31.3. The smallest absolute Gasteiger partial charge is 0.457 e. The van der Waals surface area contributed by atoms with Gasteiger partial charge in [0.2, 0.25) is 0 Å². The average molecular weight is 720 g/mol. The minimum Gasteiger partial charge on any atom is -0.457 e. The van der Waals surface area contributed by atoms with Crippen LogP contribution < -0.4 is 5.73 Å². The summed E-state index contributed by atoms with van der Waals surface area (Å²) in [7, 11) is -4.28. The molecular formula is C41H70NO7P. The van der Waals surface area contributed by atoms with Crippen molar-refractivity contribution in [3.05, 3.63) is 85.1 Å². The minimum atomic E-state index is -4.28. The fraction of sp³-hybridized carbons (Fsp3) is 0.634. The summed E-state index contributed by atoms with van der Waals surface area (Å²) in [6.07, 6.45) is 47.7. The van der Waals surface area contributed by atoms with E-state index in [9.17, 15) is 14.3 Å². The molecule has 0 amide bonds. The zero-order chi connectivity index (χ0) is 36.6. The maximum Gasteiger partial charge on any atom is 0.472 e. The summed E-state index contributed by atoms with van der Waals surface area (Å²) in [5.74, 6) is -0.358. The molecule has 0 radical (unpaired) electrons. The number of hydrogen-bond acceptors (Lipinski definition) is 7. The van der Waals surface area contributed by atoms with Crippen molar-refractivity contribution in [1.29, 1.82) is 0 Å². The van der Waals surface area contributed by atoms with Gasteiger partial charge in [0.25, 0.3) is 0 Å². The molecule has 3 N–H and O–H groups in total. The van der Waals surface area contributed by atoms with E-state index in [0.717, 1.165) is 83.5 Å². The first-order chi connectivity index (χ1) is 24.4. The fourth-order valence-electron chi connectivity index (χ4n) is 4.56. The number of phosphoric ester groups is 1. The van der Waals surface area contributed by atoms with Crippen molar-refractivity contribution in [2.75, 3.05) is 33.0 Å². The van der Waals surface area contributed by atoms with E-state index in [0.29, 0.717) is 13.0 Å².